The van der Waals surface area contributed by atoms with Crippen molar-refractivity contribution in [2.45, 2.75) is 13.0 Å². The van der Waals surface area contributed by atoms with Gasteiger partial charge in [-0.3, -0.25) is 14.7 Å². The first-order chi connectivity index (χ1) is 12.7. The summed E-state index contributed by atoms with van der Waals surface area (Å²) in [5.41, 5.74) is 2.54. The zero-order valence-corrected chi connectivity index (χ0v) is 14.5. The normalized spacial score (nSPS) is 16.0. The van der Waals surface area contributed by atoms with E-state index < -0.39 is 0 Å². The molecule has 1 amide bonds. The van der Waals surface area contributed by atoms with Crippen molar-refractivity contribution < 1.29 is 9.18 Å². The predicted octanol–water partition coefficient (Wildman–Crippen LogP) is 3.05. The van der Waals surface area contributed by atoms with Crippen molar-refractivity contribution in [3.8, 4) is 0 Å². The van der Waals surface area contributed by atoms with Crippen molar-refractivity contribution in [1.29, 1.82) is 0 Å². The van der Waals surface area contributed by atoms with E-state index >= 15 is 0 Å². The first kappa shape index (κ1) is 16.7. The maximum absolute atomic E-state index is 13.4. The van der Waals surface area contributed by atoms with E-state index in [1.54, 1.807) is 12.1 Å². The molecule has 6 heteroatoms. The first-order valence-electron chi connectivity index (χ1n) is 8.88. The smallest absolute Gasteiger partial charge is 0.270 e. The Kier molecular flexibility index (Phi) is 4.67. The van der Waals surface area contributed by atoms with Crippen LogP contribution in [0.25, 0.3) is 10.9 Å². The van der Waals surface area contributed by atoms with E-state index in [1.807, 2.05) is 29.4 Å². The van der Waals surface area contributed by atoms with Gasteiger partial charge in [-0.05, 0) is 48.4 Å². The number of nitrogens with zero attached hydrogens (tertiary/aromatic N) is 3. The third-order valence-corrected chi connectivity index (χ3v) is 4.84. The average molecular weight is 352 g/mol. The maximum Gasteiger partial charge on any atom is 0.270 e. The van der Waals surface area contributed by atoms with Gasteiger partial charge < -0.3 is 9.88 Å². The van der Waals surface area contributed by atoms with Crippen LogP contribution in [0.2, 0.25) is 0 Å². The molecule has 1 aliphatic heterocycles. The van der Waals surface area contributed by atoms with E-state index in [-0.39, 0.29) is 11.7 Å². The molecule has 1 saturated heterocycles. The summed E-state index contributed by atoms with van der Waals surface area (Å²) < 4.78 is 13.4. The summed E-state index contributed by atoms with van der Waals surface area (Å²) in [5, 5.41) is 0.725. The van der Waals surface area contributed by atoms with Crippen LogP contribution in [0, 0.1) is 5.82 Å². The number of amides is 1. The number of H-pyrrole nitrogens is 1. The molecular formula is C20H21FN4O. The lowest BCUT2D eigenvalue weighted by atomic mass is 10.2. The molecule has 3 aromatic rings. The third kappa shape index (κ3) is 3.60. The van der Waals surface area contributed by atoms with Gasteiger partial charge in [0.15, 0.2) is 0 Å². The SMILES string of the molecule is O=C(c1cc2cc(F)ccc2[nH]1)N1CCCN(Cc2ccncc2)CC1. The lowest BCUT2D eigenvalue weighted by Gasteiger charge is -2.21. The summed E-state index contributed by atoms with van der Waals surface area (Å²) in [7, 11) is 0. The summed E-state index contributed by atoms with van der Waals surface area (Å²) in [6.45, 7) is 4.09. The monoisotopic (exact) mass is 352 g/mol. The summed E-state index contributed by atoms with van der Waals surface area (Å²) in [5.74, 6) is -0.315. The summed E-state index contributed by atoms with van der Waals surface area (Å²) in [6, 6.07) is 10.3. The van der Waals surface area contributed by atoms with Crippen LogP contribution in [0.15, 0.2) is 48.8 Å². The molecule has 0 saturated carbocycles. The number of aromatic nitrogens is 2. The van der Waals surface area contributed by atoms with Crippen molar-refractivity contribution in [2.24, 2.45) is 0 Å². The van der Waals surface area contributed by atoms with Crippen LogP contribution in [-0.2, 0) is 6.54 Å². The van der Waals surface area contributed by atoms with E-state index in [0.717, 1.165) is 43.5 Å². The Morgan fingerprint density at radius 3 is 2.77 bits per heavy atom. The van der Waals surface area contributed by atoms with Crippen molar-refractivity contribution in [3.05, 3.63) is 65.9 Å². The van der Waals surface area contributed by atoms with Crippen LogP contribution >= 0.6 is 0 Å². The van der Waals surface area contributed by atoms with E-state index in [4.69, 9.17) is 0 Å². The molecule has 0 bridgehead atoms. The Bertz CT molecular complexity index is 909. The van der Waals surface area contributed by atoms with Gasteiger partial charge in [-0.25, -0.2) is 4.39 Å². The van der Waals surface area contributed by atoms with Crippen LogP contribution in [0.1, 0.15) is 22.5 Å². The molecule has 2 aromatic heterocycles. The number of rotatable bonds is 3. The van der Waals surface area contributed by atoms with Crippen molar-refractivity contribution in [1.82, 2.24) is 19.8 Å². The Hall–Kier alpha value is -2.73. The number of hydrogen-bond donors (Lipinski definition) is 1. The van der Waals surface area contributed by atoms with Crippen LogP contribution in [0.5, 0.6) is 0 Å². The van der Waals surface area contributed by atoms with Gasteiger partial charge in [-0.2, -0.15) is 0 Å². The molecule has 0 radical (unpaired) electrons. The molecule has 5 nitrogen and oxygen atoms in total. The van der Waals surface area contributed by atoms with Crippen molar-refractivity contribution in [3.63, 3.8) is 0 Å². The molecule has 0 unspecified atom stereocenters. The lowest BCUT2D eigenvalue weighted by Crippen LogP contribution is -2.35. The zero-order valence-electron chi connectivity index (χ0n) is 14.5. The van der Waals surface area contributed by atoms with Gasteiger partial charge in [-0.15, -0.1) is 0 Å². The number of fused-ring (bicyclic) bond motifs is 1. The predicted molar refractivity (Wildman–Crippen MR) is 98.3 cm³/mol. The van der Waals surface area contributed by atoms with Crippen LogP contribution in [0.3, 0.4) is 0 Å². The second-order valence-electron chi connectivity index (χ2n) is 6.69. The number of aromatic amines is 1. The molecule has 26 heavy (non-hydrogen) atoms. The summed E-state index contributed by atoms with van der Waals surface area (Å²) in [6.07, 6.45) is 4.55. The number of nitrogens with one attached hydrogen (secondary N) is 1. The second kappa shape index (κ2) is 7.25. The Labute approximate surface area is 151 Å². The molecule has 1 aromatic carbocycles. The summed E-state index contributed by atoms with van der Waals surface area (Å²) >= 11 is 0. The third-order valence-electron chi connectivity index (χ3n) is 4.84. The maximum atomic E-state index is 13.4. The molecule has 3 heterocycles. The molecule has 134 valence electrons. The molecule has 1 N–H and O–H groups in total. The molecule has 4 rings (SSSR count). The Balaban J connectivity index is 1.43. The number of carbonyl (C=O) groups is 1. The molecule has 0 atom stereocenters. The fourth-order valence-corrected chi connectivity index (χ4v) is 3.47. The van der Waals surface area contributed by atoms with Gasteiger partial charge in [0.2, 0.25) is 0 Å². The summed E-state index contributed by atoms with van der Waals surface area (Å²) in [4.78, 5) is 24.3. The highest BCUT2D eigenvalue weighted by molar-refractivity contribution is 5.98. The second-order valence-corrected chi connectivity index (χ2v) is 6.69. The lowest BCUT2D eigenvalue weighted by molar-refractivity contribution is 0.0756. The van der Waals surface area contributed by atoms with Crippen LogP contribution < -0.4 is 0 Å². The first-order valence-corrected chi connectivity index (χ1v) is 8.88. The Morgan fingerprint density at radius 1 is 1.08 bits per heavy atom. The zero-order chi connectivity index (χ0) is 17.9. The minimum Gasteiger partial charge on any atom is -0.351 e. The largest absolute Gasteiger partial charge is 0.351 e. The van der Waals surface area contributed by atoms with Crippen LogP contribution in [0.4, 0.5) is 4.39 Å². The van der Waals surface area contributed by atoms with Crippen molar-refractivity contribution in [2.75, 3.05) is 26.2 Å². The van der Waals surface area contributed by atoms with Gasteiger partial charge in [-0.1, -0.05) is 0 Å². The van der Waals surface area contributed by atoms with E-state index in [1.165, 1.54) is 17.7 Å². The fourth-order valence-electron chi connectivity index (χ4n) is 3.47. The standard InChI is InChI=1S/C20H21FN4O/c21-17-2-3-18-16(12-17)13-19(23-18)20(26)25-9-1-8-24(10-11-25)14-15-4-6-22-7-5-15/h2-7,12-13,23H,1,8-11,14H2. The number of hydrogen-bond acceptors (Lipinski definition) is 3. The topological polar surface area (TPSA) is 52.2 Å². The highest BCUT2D eigenvalue weighted by Crippen LogP contribution is 2.18. The molecule has 1 fully saturated rings. The van der Waals surface area contributed by atoms with Gasteiger partial charge in [0.1, 0.15) is 11.5 Å². The van der Waals surface area contributed by atoms with Gasteiger partial charge in [0.25, 0.3) is 5.91 Å². The van der Waals surface area contributed by atoms with Gasteiger partial charge in [0, 0.05) is 56.0 Å². The van der Waals surface area contributed by atoms with Gasteiger partial charge in [0.05, 0.1) is 0 Å². The fraction of sp³-hybridized carbons (Fsp3) is 0.300. The molecule has 0 spiro atoms. The Morgan fingerprint density at radius 2 is 1.92 bits per heavy atom. The van der Waals surface area contributed by atoms with E-state index in [9.17, 15) is 9.18 Å². The highest BCUT2D eigenvalue weighted by atomic mass is 19.1. The number of pyridine rings is 1. The molecule has 1 aliphatic rings. The quantitative estimate of drug-likeness (QED) is 0.788. The molecular weight excluding hydrogens is 331 g/mol. The minimum absolute atomic E-state index is 0.0210. The average Bonchev–Trinajstić information content (AvgIpc) is 2.93. The number of halogens is 1. The van der Waals surface area contributed by atoms with E-state index in [2.05, 4.69) is 14.9 Å². The van der Waals surface area contributed by atoms with E-state index in [0.29, 0.717) is 12.2 Å². The highest BCUT2D eigenvalue weighted by Gasteiger charge is 2.21. The van der Waals surface area contributed by atoms with Crippen LogP contribution in [-0.4, -0.2) is 51.9 Å². The van der Waals surface area contributed by atoms with Crippen molar-refractivity contribution >= 4 is 16.8 Å². The minimum atomic E-state index is -0.294. The molecule has 0 aliphatic carbocycles. The van der Waals surface area contributed by atoms with Gasteiger partial charge >= 0.3 is 0 Å². The number of benzene rings is 1. The number of carbonyl (C=O) groups excluding carboxylic acids is 1.